The van der Waals surface area contributed by atoms with Crippen molar-refractivity contribution in [3.8, 4) is 0 Å². The number of aliphatic hydroxyl groups excluding tert-OH is 1. The number of benzene rings is 2. The molecule has 0 unspecified atom stereocenters. The smallest absolute Gasteiger partial charge is 0.407 e. The van der Waals surface area contributed by atoms with Crippen LogP contribution in [0.2, 0.25) is 0 Å². The van der Waals surface area contributed by atoms with Crippen LogP contribution < -0.4 is 16.0 Å². The molecule has 0 radical (unpaired) electrons. The second-order valence-corrected chi connectivity index (χ2v) is 16.0. The number of carbonyl (C=O) groups excluding carboxylic acids is 2. The number of unbranched alkanes of at least 4 members (excludes halogenated alkanes) is 1. The fraction of sp³-hybridized carbons (Fsp3) is 0.611. The van der Waals surface area contributed by atoms with Crippen molar-refractivity contribution in [1.82, 2.24) is 14.9 Å². The van der Waals surface area contributed by atoms with Crippen molar-refractivity contribution in [2.45, 2.75) is 95.3 Å². The highest BCUT2D eigenvalue weighted by Crippen LogP contribution is 2.33. The monoisotopic (exact) mass is 718 g/mol. The minimum Gasteiger partial charge on any atom is -0.447 e. The third-order valence-corrected chi connectivity index (χ3v) is 10.8. The van der Waals surface area contributed by atoms with Crippen LogP contribution >= 0.6 is 0 Å². The third kappa shape index (κ3) is 11.6. The number of nitrogens with one attached hydrogen (secondary N) is 3. The van der Waals surface area contributed by atoms with Crippen LogP contribution in [0.25, 0.3) is 0 Å². The molecule has 2 aliphatic rings. The topological polar surface area (TPSA) is 165 Å². The van der Waals surface area contributed by atoms with E-state index in [0.717, 1.165) is 18.4 Å². The van der Waals surface area contributed by atoms with Gasteiger partial charge in [-0.1, -0.05) is 56.7 Å². The Balaban J connectivity index is 1.50. The minimum atomic E-state index is -4.10. The first-order valence-corrected chi connectivity index (χ1v) is 18.9. The van der Waals surface area contributed by atoms with Crippen molar-refractivity contribution in [3.05, 3.63) is 60.2 Å². The van der Waals surface area contributed by atoms with E-state index in [2.05, 4.69) is 16.0 Å². The Kier molecular flexibility index (Phi) is 14.3. The van der Waals surface area contributed by atoms with E-state index in [9.17, 15) is 23.1 Å². The predicted octanol–water partition coefficient (Wildman–Crippen LogP) is 4.51. The Hall–Kier alpha value is -3.43. The molecule has 0 aliphatic carbocycles. The second-order valence-electron chi connectivity index (χ2n) is 14.1. The van der Waals surface area contributed by atoms with E-state index in [0.29, 0.717) is 31.7 Å². The maximum Gasteiger partial charge on any atom is 0.407 e. The number of sulfonamides is 1. The number of hydrogen-bond donors (Lipinski definition) is 4. The molecule has 2 fully saturated rings. The minimum absolute atomic E-state index is 0.0564. The van der Waals surface area contributed by atoms with Gasteiger partial charge in [-0.15, -0.1) is 0 Å². The molecule has 278 valence electrons. The molecule has 2 aromatic carbocycles. The Morgan fingerprint density at radius 2 is 1.82 bits per heavy atom. The molecular weight excluding hydrogens is 664 g/mol. The fourth-order valence-electron chi connectivity index (χ4n) is 6.30. The van der Waals surface area contributed by atoms with Gasteiger partial charge in [-0.05, 0) is 68.7 Å². The van der Waals surface area contributed by atoms with Gasteiger partial charge in [-0.2, -0.15) is 4.31 Å². The Morgan fingerprint density at radius 3 is 2.54 bits per heavy atom. The standard InChI is InChI=1S/C36H54N4O9S/c1-25(2)48-34(42)38-18-10-9-17-36(3,4)24-40(50(44,45)28-15-11-14-27(21-28)37-5)22-31(41)30(20-26-12-7-6-8-13-26)39-35(43)49-32-23-47-33-29(32)16-19-46-33/h6-8,11-15,21,25,29-33,37,41H,9-10,16-20,22-24H2,1-5H3,(H,38,42)(H,39,43)/t29-,30-,31+,32-,33+/m0/s1. The van der Waals surface area contributed by atoms with Crippen molar-refractivity contribution in [2.75, 3.05) is 45.2 Å². The van der Waals surface area contributed by atoms with Crippen LogP contribution in [0.3, 0.4) is 0 Å². The van der Waals surface area contributed by atoms with Crippen LogP contribution in [0.4, 0.5) is 15.3 Å². The number of alkyl carbamates (subject to hydrolysis) is 2. The highest BCUT2D eigenvalue weighted by Gasteiger charge is 2.44. The molecule has 5 atom stereocenters. The van der Waals surface area contributed by atoms with Crippen LogP contribution in [0.15, 0.2) is 59.5 Å². The van der Waals surface area contributed by atoms with Gasteiger partial charge in [-0.25, -0.2) is 18.0 Å². The summed E-state index contributed by atoms with van der Waals surface area (Å²) in [7, 11) is -2.39. The zero-order valence-electron chi connectivity index (χ0n) is 29.8. The van der Waals surface area contributed by atoms with Crippen molar-refractivity contribution in [2.24, 2.45) is 11.3 Å². The number of fused-ring (bicyclic) bond motifs is 1. The maximum atomic E-state index is 14.3. The molecule has 2 heterocycles. The number of anilines is 1. The lowest BCUT2D eigenvalue weighted by molar-refractivity contribution is -0.0907. The Morgan fingerprint density at radius 1 is 1.06 bits per heavy atom. The van der Waals surface area contributed by atoms with Gasteiger partial charge in [0.15, 0.2) is 6.29 Å². The lowest BCUT2D eigenvalue weighted by Gasteiger charge is -2.35. The molecule has 2 saturated heterocycles. The van der Waals surface area contributed by atoms with Gasteiger partial charge >= 0.3 is 12.2 Å². The van der Waals surface area contributed by atoms with Crippen LogP contribution in [0.1, 0.15) is 58.9 Å². The summed E-state index contributed by atoms with van der Waals surface area (Å²) in [6, 6.07) is 15.0. The quantitative estimate of drug-likeness (QED) is 0.161. The van der Waals surface area contributed by atoms with Crippen molar-refractivity contribution >= 4 is 27.9 Å². The molecule has 0 bridgehead atoms. The first-order chi connectivity index (χ1) is 23.8. The summed E-state index contributed by atoms with van der Waals surface area (Å²) in [5.74, 6) is -0.0564. The van der Waals surface area contributed by atoms with Crippen LogP contribution in [-0.2, 0) is 35.4 Å². The summed E-state index contributed by atoms with van der Waals surface area (Å²) in [5, 5.41) is 20.3. The number of rotatable bonds is 18. The number of amides is 2. The normalized spacial score (nSPS) is 20.3. The number of hydrogen-bond acceptors (Lipinski definition) is 10. The zero-order valence-corrected chi connectivity index (χ0v) is 30.6. The van der Waals surface area contributed by atoms with Crippen LogP contribution in [-0.4, -0.2) is 101 Å². The SMILES string of the molecule is CNc1cccc(S(=O)(=O)N(C[C@@H](O)[C@H](Cc2ccccc2)NC(=O)O[C@H]2CO[C@H]3OCC[C@H]32)CC(C)(C)CCCCNC(=O)OC(C)C)c1. The summed E-state index contributed by atoms with van der Waals surface area (Å²) in [5.41, 5.74) is 0.981. The van der Waals surface area contributed by atoms with Crippen molar-refractivity contribution in [1.29, 1.82) is 0 Å². The van der Waals surface area contributed by atoms with E-state index < -0.39 is 45.9 Å². The summed E-state index contributed by atoms with van der Waals surface area (Å²) in [4.78, 5) is 25.2. The first-order valence-electron chi connectivity index (χ1n) is 17.4. The van der Waals surface area contributed by atoms with Gasteiger partial charge in [0.25, 0.3) is 0 Å². The van der Waals surface area contributed by atoms with E-state index in [1.165, 1.54) is 10.4 Å². The van der Waals surface area contributed by atoms with Gasteiger partial charge in [-0.3, -0.25) is 0 Å². The van der Waals surface area contributed by atoms with Crippen molar-refractivity contribution < 1.29 is 42.1 Å². The molecule has 2 aliphatic heterocycles. The lowest BCUT2D eigenvalue weighted by atomic mass is 9.87. The molecule has 50 heavy (non-hydrogen) atoms. The van der Waals surface area contributed by atoms with E-state index >= 15 is 0 Å². The molecule has 13 nitrogen and oxygen atoms in total. The maximum absolute atomic E-state index is 14.3. The van der Waals surface area contributed by atoms with Crippen LogP contribution in [0.5, 0.6) is 0 Å². The van der Waals surface area contributed by atoms with Gasteiger partial charge in [0, 0.05) is 32.4 Å². The van der Waals surface area contributed by atoms with Crippen molar-refractivity contribution in [3.63, 3.8) is 0 Å². The van der Waals surface area contributed by atoms with Gasteiger partial charge in [0.2, 0.25) is 10.0 Å². The van der Waals surface area contributed by atoms with E-state index in [4.69, 9.17) is 18.9 Å². The van der Waals surface area contributed by atoms with Gasteiger partial charge < -0.3 is 40.0 Å². The molecular formula is C36H54N4O9S. The average molecular weight is 719 g/mol. The van der Waals surface area contributed by atoms with Gasteiger partial charge in [0.05, 0.1) is 42.3 Å². The summed E-state index contributed by atoms with van der Waals surface area (Å²) in [6.07, 6.45) is -0.536. The van der Waals surface area contributed by atoms with E-state index in [-0.39, 0.29) is 49.3 Å². The lowest BCUT2D eigenvalue weighted by Crippen LogP contribution is -2.52. The first kappa shape index (κ1) is 39.4. The number of nitrogens with zero attached hydrogens (tertiary/aromatic N) is 1. The summed E-state index contributed by atoms with van der Waals surface area (Å²) < 4.78 is 51.9. The molecule has 14 heteroatoms. The molecule has 4 rings (SSSR count). The molecule has 0 aromatic heterocycles. The van der Waals surface area contributed by atoms with Crippen LogP contribution in [0, 0.1) is 11.3 Å². The van der Waals surface area contributed by atoms with Gasteiger partial charge in [0.1, 0.15) is 6.10 Å². The second kappa shape index (κ2) is 18.2. The Bertz CT molecular complexity index is 1490. The zero-order chi connectivity index (χ0) is 36.3. The molecule has 4 N–H and O–H groups in total. The molecule has 0 saturated carbocycles. The average Bonchev–Trinajstić information content (AvgIpc) is 3.69. The van der Waals surface area contributed by atoms with E-state index in [1.807, 2.05) is 44.2 Å². The number of carbonyl (C=O) groups is 2. The molecule has 2 aromatic rings. The van der Waals surface area contributed by atoms with E-state index in [1.54, 1.807) is 39.1 Å². The molecule has 0 spiro atoms. The third-order valence-electron chi connectivity index (χ3n) is 8.96. The largest absolute Gasteiger partial charge is 0.447 e. The summed E-state index contributed by atoms with van der Waals surface area (Å²) >= 11 is 0. The summed E-state index contributed by atoms with van der Waals surface area (Å²) in [6.45, 7) is 8.54. The number of aliphatic hydroxyl groups is 1. The number of ether oxygens (including phenoxy) is 4. The predicted molar refractivity (Wildman–Crippen MR) is 189 cm³/mol. The Labute approximate surface area is 296 Å². The fourth-order valence-corrected chi connectivity index (χ4v) is 7.99. The highest BCUT2D eigenvalue weighted by molar-refractivity contribution is 7.89. The molecule has 2 amide bonds. The highest BCUT2D eigenvalue weighted by atomic mass is 32.2.